The van der Waals surface area contributed by atoms with E-state index >= 15 is 0 Å². The summed E-state index contributed by atoms with van der Waals surface area (Å²) in [4.78, 5) is 11.8. The highest BCUT2D eigenvalue weighted by molar-refractivity contribution is 9.10. The van der Waals surface area contributed by atoms with Gasteiger partial charge in [0.2, 0.25) is 5.91 Å². The van der Waals surface area contributed by atoms with Gasteiger partial charge in [0.1, 0.15) is 0 Å². The van der Waals surface area contributed by atoms with Crippen LogP contribution in [0.4, 0.5) is 0 Å². The summed E-state index contributed by atoms with van der Waals surface area (Å²) in [7, 11) is 0. The van der Waals surface area contributed by atoms with Gasteiger partial charge in [-0.2, -0.15) is 11.8 Å². The van der Waals surface area contributed by atoms with Crippen molar-refractivity contribution >= 4 is 45.4 Å². The van der Waals surface area contributed by atoms with Crippen molar-refractivity contribution in [2.24, 2.45) is 0 Å². The van der Waals surface area contributed by atoms with Crippen molar-refractivity contribution in [3.8, 4) is 0 Å². The number of aryl methyl sites for hydroxylation is 1. The summed E-state index contributed by atoms with van der Waals surface area (Å²) >= 11 is 6.92. The van der Waals surface area contributed by atoms with Crippen molar-refractivity contribution < 1.29 is 4.79 Å². The predicted molar refractivity (Wildman–Crippen MR) is 111 cm³/mol. The number of rotatable bonds is 9. The Hall–Kier alpha value is -0.910. The maximum absolute atomic E-state index is 11.8. The van der Waals surface area contributed by atoms with E-state index in [1.165, 1.54) is 16.7 Å². The van der Waals surface area contributed by atoms with Crippen LogP contribution in [0.1, 0.15) is 16.7 Å². The first kappa shape index (κ1) is 19.4. The van der Waals surface area contributed by atoms with Crippen molar-refractivity contribution in [3.05, 3.63) is 69.7 Å². The molecule has 24 heavy (non-hydrogen) atoms. The molecule has 0 aliphatic carbocycles. The van der Waals surface area contributed by atoms with Gasteiger partial charge < -0.3 is 5.32 Å². The molecule has 128 valence electrons. The van der Waals surface area contributed by atoms with Crippen molar-refractivity contribution in [1.82, 2.24) is 5.32 Å². The zero-order chi connectivity index (χ0) is 17.2. The number of halogens is 1. The van der Waals surface area contributed by atoms with E-state index in [9.17, 15) is 4.79 Å². The molecule has 0 radical (unpaired) electrons. The maximum Gasteiger partial charge on any atom is 0.230 e. The molecule has 0 saturated carbocycles. The molecule has 0 spiro atoms. The number of carbonyl (C=O) groups excluding carboxylic acids is 1. The summed E-state index contributed by atoms with van der Waals surface area (Å²) in [6.45, 7) is 2.83. The molecular weight excluding hydrogens is 402 g/mol. The van der Waals surface area contributed by atoms with E-state index in [2.05, 4.69) is 64.6 Å². The molecule has 0 fully saturated rings. The SMILES string of the molecule is Cc1ccc(CSCCNC(=O)CSCc2ccc(Br)cc2)cc1. The molecule has 0 aromatic heterocycles. The lowest BCUT2D eigenvalue weighted by atomic mass is 10.2. The number of carbonyl (C=O) groups is 1. The minimum Gasteiger partial charge on any atom is -0.355 e. The van der Waals surface area contributed by atoms with E-state index in [0.717, 1.165) is 28.3 Å². The van der Waals surface area contributed by atoms with Crippen LogP contribution in [0, 0.1) is 6.92 Å². The normalized spacial score (nSPS) is 10.6. The van der Waals surface area contributed by atoms with Gasteiger partial charge in [-0.1, -0.05) is 57.9 Å². The van der Waals surface area contributed by atoms with E-state index in [1.54, 1.807) is 11.8 Å². The lowest BCUT2D eigenvalue weighted by molar-refractivity contribution is -0.118. The molecule has 0 saturated heterocycles. The molecule has 1 N–H and O–H groups in total. The highest BCUT2D eigenvalue weighted by Crippen LogP contribution is 2.16. The molecule has 2 aromatic rings. The van der Waals surface area contributed by atoms with Gasteiger partial charge in [0.25, 0.3) is 0 Å². The third-order valence-electron chi connectivity index (χ3n) is 3.37. The van der Waals surface area contributed by atoms with Crippen LogP contribution < -0.4 is 5.32 Å². The Bertz CT molecular complexity index is 629. The molecule has 0 atom stereocenters. The van der Waals surface area contributed by atoms with Crippen LogP contribution >= 0.6 is 39.5 Å². The zero-order valence-corrected chi connectivity index (χ0v) is 17.0. The summed E-state index contributed by atoms with van der Waals surface area (Å²) in [6.07, 6.45) is 0. The quantitative estimate of drug-likeness (QED) is 0.572. The van der Waals surface area contributed by atoms with Crippen LogP contribution in [0.5, 0.6) is 0 Å². The van der Waals surface area contributed by atoms with Gasteiger partial charge in [0, 0.05) is 28.3 Å². The molecule has 0 unspecified atom stereocenters. The molecular formula is C19H22BrNOS2. The van der Waals surface area contributed by atoms with Crippen molar-refractivity contribution in [3.63, 3.8) is 0 Å². The first-order valence-electron chi connectivity index (χ1n) is 7.85. The van der Waals surface area contributed by atoms with Gasteiger partial charge in [0.15, 0.2) is 0 Å². The lowest BCUT2D eigenvalue weighted by Crippen LogP contribution is -2.27. The second-order valence-electron chi connectivity index (χ2n) is 5.51. The van der Waals surface area contributed by atoms with Crippen LogP contribution in [0.25, 0.3) is 0 Å². The number of nitrogens with one attached hydrogen (secondary N) is 1. The smallest absolute Gasteiger partial charge is 0.230 e. The second-order valence-corrected chi connectivity index (χ2v) is 8.51. The molecule has 5 heteroatoms. The number of benzene rings is 2. The van der Waals surface area contributed by atoms with Gasteiger partial charge in [-0.15, -0.1) is 11.8 Å². The van der Waals surface area contributed by atoms with Gasteiger partial charge in [-0.05, 0) is 30.2 Å². The summed E-state index contributed by atoms with van der Waals surface area (Å²) in [5, 5.41) is 2.99. The lowest BCUT2D eigenvalue weighted by Gasteiger charge is -2.06. The standard InChI is InChI=1S/C19H22BrNOS2/c1-15-2-4-16(5-3-15)12-23-11-10-21-19(22)14-24-13-17-6-8-18(20)9-7-17/h2-9H,10-14H2,1H3,(H,21,22). The van der Waals surface area contributed by atoms with E-state index in [4.69, 9.17) is 0 Å². The summed E-state index contributed by atoms with van der Waals surface area (Å²) in [6, 6.07) is 16.8. The highest BCUT2D eigenvalue weighted by Gasteiger charge is 2.02. The van der Waals surface area contributed by atoms with Crippen molar-refractivity contribution in [1.29, 1.82) is 0 Å². The van der Waals surface area contributed by atoms with E-state index in [0.29, 0.717) is 5.75 Å². The Balaban J connectivity index is 1.51. The van der Waals surface area contributed by atoms with Gasteiger partial charge in [-0.3, -0.25) is 4.79 Å². The average Bonchev–Trinajstić information content (AvgIpc) is 2.58. The van der Waals surface area contributed by atoms with Gasteiger partial charge >= 0.3 is 0 Å². The second kappa shape index (κ2) is 10.9. The average molecular weight is 424 g/mol. The number of thioether (sulfide) groups is 2. The van der Waals surface area contributed by atoms with Crippen LogP contribution in [-0.2, 0) is 16.3 Å². The Morgan fingerprint density at radius 2 is 1.54 bits per heavy atom. The zero-order valence-electron chi connectivity index (χ0n) is 13.8. The number of hydrogen-bond acceptors (Lipinski definition) is 3. The Kier molecular flexibility index (Phi) is 8.78. The largest absolute Gasteiger partial charge is 0.355 e. The molecule has 0 aliphatic heterocycles. The first-order valence-corrected chi connectivity index (χ1v) is 11.0. The van der Waals surface area contributed by atoms with E-state index in [1.807, 2.05) is 23.9 Å². The van der Waals surface area contributed by atoms with E-state index in [-0.39, 0.29) is 5.91 Å². The predicted octanol–water partition coefficient (Wildman–Crippen LogP) is 5.04. The minimum atomic E-state index is 0.119. The summed E-state index contributed by atoms with van der Waals surface area (Å²) in [5.74, 6) is 3.43. The number of hydrogen-bond donors (Lipinski definition) is 1. The van der Waals surface area contributed by atoms with Gasteiger partial charge in [-0.25, -0.2) is 0 Å². The fraction of sp³-hybridized carbons (Fsp3) is 0.316. The first-order chi connectivity index (χ1) is 11.6. The molecule has 0 bridgehead atoms. The monoisotopic (exact) mass is 423 g/mol. The topological polar surface area (TPSA) is 29.1 Å². The van der Waals surface area contributed by atoms with Crippen LogP contribution in [-0.4, -0.2) is 24.0 Å². The molecule has 2 rings (SSSR count). The van der Waals surface area contributed by atoms with E-state index < -0.39 is 0 Å². The van der Waals surface area contributed by atoms with Gasteiger partial charge in [0.05, 0.1) is 5.75 Å². The summed E-state index contributed by atoms with van der Waals surface area (Å²) in [5.41, 5.74) is 3.86. The van der Waals surface area contributed by atoms with Crippen LogP contribution in [0.15, 0.2) is 53.0 Å². The van der Waals surface area contributed by atoms with Crippen molar-refractivity contribution in [2.45, 2.75) is 18.4 Å². The maximum atomic E-state index is 11.8. The minimum absolute atomic E-state index is 0.119. The number of amides is 1. The molecule has 0 heterocycles. The Labute approximate surface area is 161 Å². The van der Waals surface area contributed by atoms with Crippen LogP contribution in [0.2, 0.25) is 0 Å². The summed E-state index contributed by atoms with van der Waals surface area (Å²) < 4.78 is 1.08. The molecule has 0 aliphatic rings. The fourth-order valence-electron chi connectivity index (χ4n) is 2.03. The fourth-order valence-corrected chi connectivity index (χ4v) is 3.93. The molecule has 1 amide bonds. The molecule has 2 nitrogen and oxygen atoms in total. The van der Waals surface area contributed by atoms with Crippen LogP contribution in [0.3, 0.4) is 0 Å². The third-order valence-corrected chi connectivity index (χ3v) is 5.94. The Morgan fingerprint density at radius 3 is 2.21 bits per heavy atom. The Morgan fingerprint density at radius 1 is 0.958 bits per heavy atom. The third kappa shape index (κ3) is 7.77. The van der Waals surface area contributed by atoms with Crippen molar-refractivity contribution in [2.75, 3.05) is 18.1 Å². The molecule has 2 aromatic carbocycles. The highest BCUT2D eigenvalue weighted by atomic mass is 79.9.